The smallest absolute Gasteiger partial charge is 0.260 e. The highest BCUT2D eigenvalue weighted by molar-refractivity contribution is 5.80. The Morgan fingerprint density at radius 2 is 1.79 bits per heavy atom. The van der Waals surface area contributed by atoms with Crippen LogP contribution in [0.3, 0.4) is 0 Å². The van der Waals surface area contributed by atoms with Gasteiger partial charge in [-0.3, -0.25) is 9.69 Å². The van der Waals surface area contributed by atoms with E-state index in [1.807, 2.05) is 56.3 Å². The van der Waals surface area contributed by atoms with E-state index in [1.54, 1.807) is 13.0 Å². The van der Waals surface area contributed by atoms with E-state index in [0.717, 1.165) is 24.1 Å². The zero-order valence-corrected chi connectivity index (χ0v) is 19.4. The maximum Gasteiger partial charge on any atom is 0.260 e. The first-order valence-corrected chi connectivity index (χ1v) is 11.5. The second-order valence-corrected chi connectivity index (χ2v) is 8.91. The van der Waals surface area contributed by atoms with E-state index in [2.05, 4.69) is 28.4 Å². The Balaban J connectivity index is 1.66. The summed E-state index contributed by atoms with van der Waals surface area (Å²) in [5, 5.41) is 2.89. The molecule has 1 N–H and O–H groups in total. The molecule has 1 heterocycles. The number of nitrogens with one attached hydrogen (secondary N) is 1. The van der Waals surface area contributed by atoms with Crippen molar-refractivity contribution in [2.45, 2.75) is 51.9 Å². The SMILES string of the molecule is CC(C)NC(=O)[C@@H](C)Oc1ccc2c(c1)[C@@H](c1ccccc1)N(Cc1ccccc1F)CC2. The van der Waals surface area contributed by atoms with Crippen molar-refractivity contribution in [3.63, 3.8) is 0 Å². The fourth-order valence-electron chi connectivity index (χ4n) is 4.42. The van der Waals surface area contributed by atoms with Crippen LogP contribution in [-0.4, -0.2) is 29.5 Å². The van der Waals surface area contributed by atoms with Gasteiger partial charge in [0.15, 0.2) is 6.10 Å². The Hall–Kier alpha value is -3.18. The monoisotopic (exact) mass is 446 g/mol. The number of carbonyl (C=O) groups is 1. The molecule has 2 atom stereocenters. The van der Waals surface area contributed by atoms with Crippen LogP contribution in [0.15, 0.2) is 72.8 Å². The second kappa shape index (κ2) is 10.2. The standard InChI is InChI=1S/C28H31FN2O2/c1-19(2)30-28(32)20(3)33-24-14-13-21-15-16-31(18-23-11-7-8-12-26(23)29)27(25(21)17-24)22-9-5-4-6-10-22/h4-14,17,19-20,27H,15-16,18H2,1-3H3,(H,30,32)/t20-,27-/m1/s1. The Morgan fingerprint density at radius 3 is 2.52 bits per heavy atom. The summed E-state index contributed by atoms with van der Waals surface area (Å²) in [5.41, 5.74) is 4.23. The van der Waals surface area contributed by atoms with E-state index >= 15 is 0 Å². The molecule has 3 aromatic carbocycles. The summed E-state index contributed by atoms with van der Waals surface area (Å²) in [6, 6.07) is 23.3. The molecule has 172 valence electrons. The van der Waals surface area contributed by atoms with Crippen molar-refractivity contribution in [1.29, 1.82) is 0 Å². The molecule has 0 saturated carbocycles. The van der Waals surface area contributed by atoms with Crippen LogP contribution in [0.4, 0.5) is 4.39 Å². The normalized spacial score (nSPS) is 16.8. The third-order valence-corrected chi connectivity index (χ3v) is 6.01. The Morgan fingerprint density at radius 1 is 1.06 bits per heavy atom. The number of fused-ring (bicyclic) bond motifs is 1. The average Bonchev–Trinajstić information content (AvgIpc) is 2.80. The third-order valence-electron chi connectivity index (χ3n) is 6.01. The topological polar surface area (TPSA) is 41.6 Å². The number of hydrogen-bond acceptors (Lipinski definition) is 3. The number of nitrogens with zero attached hydrogens (tertiary/aromatic N) is 1. The molecule has 1 amide bonds. The van der Waals surface area contributed by atoms with Crippen LogP contribution in [0.5, 0.6) is 5.75 Å². The van der Waals surface area contributed by atoms with Crippen molar-refractivity contribution in [2.75, 3.05) is 6.54 Å². The van der Waals surface area contributed by atoms with E-state index in [0.29, 0.717) is 17.9 Å². The van der Waals surface area contributed by atoms with E-state index < -0.39 is 6.10 Å². The lowest BCUT2D eigenvalue weighted by atomic mass is 9.87. The van der Waals surface area contributed by atoms with Crippen LogP contribution in [0, 0.1) is 5.82 Å². The highest BCUT2D eigenvalue weighted by atomic mass is 19.1. The minimum atomic E-state index is -0.598. The van der Waals surface area contributed by atoms with Crippen LogP contribution in [0.25, 0.3) is 0 Å². The van der Waals surface area contributed by atoms with Gasteiger partial charge in [0.05, 0.1) is 6.04 Å². The predicted molar refractivity (Wildman–Crippen MR) is 129 cm³/mol. The summed E-state index contributed by atoms with van der Waals surface area (Å²) in [5.74, 6) is 0.342. The molecule has 0 spiro atoms. The lowest BCUT2D eigenvalue weighted by Crippen LogP contribution is -2.40. The average molecular weight is 447 g/mol. The lowest BCUT2D eigenvalue weighted by molar-refractivity contribution is -0.127. The minimum Gasteiger partial charge on any atom is -0.481 e. The molecule has 0 aliphatic carbocycles. The van der Waals surface area contributed by atoms with Gasteiger partial charge in [-0.15, -0.1) is 0 Å². The van der Waals surface area contributed by atoms with Crippen molar-refractivity contribution in [3.8, 4) is 5.75 Å². The van der Waals surface area contributed by atoms with E-state index in [9.17, 15) is 9.18 Å². The van der Waals surface area contributed by atoms with Gasteiger partial charge in [0.2, 0.25) is 0 Å². The quantitative estimate of drug-likeness (QED) is 0.538. The molecule has 0 radical (unpaired) electrons. The highest BCUT2D eigenvalue weighted by Gasteiger charge is 2.30. The first-order valence-electron chi connectivity index (χ1n) is 11.5. The molecule has 0 fully saturated rings. The maximum absolute atomic E-state index is 14.5. The minimum absolute atomic E-state index is 0.0297. The Labute approximate surface area is 195 Å². The number of rotatable bonds is 7. The van der Waals surface area contributed by atoms with Gasteiger partial charge in [-0.25, -0.2) is 4.39 Å². The number of carbonyl (C=O) groups excluding carboxylic acids is 1. The molecule has 33 heavy (non-hydrogen) atoms. The number of ether oxygens (including phenoxy) is 1. The zero-order valence-electron chi connectivity index (χ0n) is 19.4. The summed E-state index contributed by atoms with van der Waals surface area (Å²) < 4.78 is 20.5. The Kier molecular flexibility index (Phi) is 7.09. The van der Waals surface area contributed by atoms with Crippen molar-refractivity contribution in [2.24, 2.45) is 0 Å². The lowest BCUT2D eigenvalue weighted by Gasteiger charge is -2.38. The number of benzene rings is 3. The molecule has 1 aliphatic rings. The van der Waals surface area contributed by atoms with Crippen LogP contribution in [0.1, 0.15) is 49.1 Å². The van der Waals surface area contributed by atoms with Crippen LogP contribution in [-0.2, 0) is 17.8 Å². The van der Waals surface area contributed by atoms with Crippen molar-refractivity contribution in [1.82, 2.24) is 10.2 Å². The largest absolute Gasteiger partial charge is 0.481 e. The summed E-state index contributed by atoms with van der Waals surface area (Å²) >= 11 is 0. The van der Waals surface area contributed by atoms with E-state index in [4.69, 9.17) is 4.74 Å². The molecule has 0 aromatic heterocycles. The first kappa shape index (κ1) is 23.0. The maximum atomic E-state index is 14.5. The number of hydrogen-bond donors (Lipinski definition) is 1. The summed E-state index contributed by atoms with van der Waals surface area (Å²) in [4.78, 5) is 14.7. The summed E-state index contributed by atoms with van der Waals surface area (Å²) in [6.07, 6.45) is 0.273. The van der Waals surface area contributed by atoms with Crippen LogP contribution >= 0.6 is 0 Å². The third kappa shape index (κ3) is 5.42. The predicted octanol–water partition coefficient (Wildman–Crippen LogP) is 5.27. The van der Waals surface area contributed by atoms with Gasteiger partial charge in [-0.2, -0.15) is 0 Å². The van der Waals surface area contributed by atoms with Gasteiger partial charge in [0, 0.05) is 24.7 Å². The second-order valence-electron chi connectivity index (χ2n) is 8.91. The summed E-state index contributed by atoms with van der Waals surface area (Å²) in [6.45, 7) is 6.96. The number of halogens is 1. The fraction of sp³-hybridized carbons (Fsp3) is 0.321. The van der Waals surface area contributed by atoms with Crippen molar-refractivity contribution < 1.29 is 13.9 Å². The van der Waals surface area contributed by atoms with Gasteiger partial charge >= 0.3 is 0 Å². The zero-order chi connectivity index (χ0) is 23.4. The molecular weight excluding hydrogens is 415 g/mol. The van der Waals surface area contributed by atoms with Gasteiger partial charge in [-0.1, -0.05) is 54.6 Å². The van der Waals surface area contributed by atoms with E-state index in [-0.39, 0.29) is 23.8 Å². The highest BCUT2D eigenvalue weighted by Crippen LogP contribution is 2.38. The first-order chi connectivity index (χ1) is 15.9. The van der Waals surface area contributed by atoms with Crippen molar-refractivity contribution >= 4 is 5.91 Å². The van der Waals surface area contributed by atoms with Crippen LogP contribution in [0.2, 0.25) is 0 Å². The van der Waals surface area contributed by atoms with E-state index in [1.165, 1.54) is 11.6 Å². The van der Waals surface area contributed by atoms with Gasteiger partial charge in [-0.05, 0) is 62.1 Å². The van der Waals surface area contributed by atoms with Crippen molar-refractivity contribution in [3.05, 3.63) is 101 Å². The van der Waals surface area contributed by atoms with Gasteiger partial charge < -0.3 is 10.1 Å². The molecule has 0 unspecified atom stereocenters. The molecule has 3 aromatic rings. The van der Waals surface area contributed by atoms with Gasteiger partial charge in [0.25, 0.3) is 5.91 Å². The molecular formula is C28H31FN2O2. The molecule has 0 saturated heterocycles. The van der Waals surface area contributed by atoms with Gasteiger partial charge in [0.1, 0.15) is 11.6 Å². The fourth-order valence-corrected chi connectivity index (χ4v) is 4.42. The molecule has 5 heteroatoms. The molecule has 4 rings (SSSR count). The summed E-state index contributed by atoms with van der Waals surface area (Å²) in [7, 11) is 0. The molecule has 4 nitrogen and oxygen atoms in total. The molecule has 0 bridgehead atoms. The Bertz CT molecular complexity index is 1100. The molecule has 1 aliphatic heterocycles. The van der Waals surface area contributed by atoms with Crippen LogP contribution < -0.4 is 10.1 Å². The number of amides is 1.